The molecule has 1 aliphatic rings. The van der Waals surface area contributed by atoms with Crippen molar-refractivity contribution in [3.63, 3.8) is 0 Å². The first-order valence-corrected chi connectivity index (χ1v) is 10.7. The van der Waals surface area contributed by atoms with Crippen molar-refractivity contribution in [3.8, 4) is 0 Å². The summed E-state index contributed by atoms with van der Waals surface area (Å²) in [6, 6.07) is 0. The van der Waals surface area contributed by atoms with Crippen molar-refractivity contribution in [2.75, 3.05) is 0 Å². The van der Waals surface area contributed by atoms with Crippen LogP contribution in [0.3, 0.4) is 0 Å². The van der Waals surface area contributed by atoms with Crippen LogP contribution in [0.4, 0.5) is 0 Å². The van der Waals surface area contributed by atoms with Crippen LogP contribution >= 0.6 is 19.2 Å². The second-order valence-electron chi connectivity index (χ2n) is 4.34. The standard InChI is InChI=1S/C10H20.CH3.2ClH.Ir/c1-6-7(2)9(4)10(5)8(6)3;;;;/h6-10H,1-5H3;1H3;2*1H;/q;-1;;;+3/p-2. The minimum absolute atomic E-state index is 0. The van der Waals surface area contributed by atoms with E-state index in [9.17, 15) is 0 Å². The molecule has 0 aliphatic heterocycles. The van der Waals surface area contributed by atoms with Crippen LogP contribution in [0.25, 0.3) is 0 Å². The Balaban J connectivity index is 0. The van der Waals surface area contributed by atoms with Crippen LogP contribution in [-0.2, 0) is 15.7 Å². The van der Waals surface area contributed by atoms with Crippen LogP contribution in [0.15, 0.2) is 0 Å². The molecule has 1 aliphatic carbocycles. The number of halogens is 2. The van der Waals surface area contributed by atoms with Crippen molar-refractivity contribution in [1.29, 1.82) is 0 Å². The summed E-state index contributed by atoms with van der Waals surface area (Å²) in [5.41, 5.74) is 0. The van der Waals surface area contributed by atoms with Gasteiger partial charge in [0.25, 0.3) is 0 Å². The van der Waals surface area contributed by atoms with Crippen molar-refractivity contribution in [1.82, 2.24) is 0 Å². The molecule has 90 valence electrons. The maximum absolute atomic E-state index is 4.89. The van der Waals surface area contributed by atoms with Gasteiger partial charge in [0.15, 0.2) is 0 Å². The molecule has 0 amide bonds. The van der Waals surface area contributed by atoms with E-state index in [2.05, 4.69) is 34.6 Å². The molecule has 0 nitrogen and oxygen atoms in total. The molecule has 0 aromatic rings. The molecule has 0 aromatic carbocycles. The Morgan fingerprint density at radius 2 is 0.714 bits per heavy atom. The summed E-state index contributed by atoms with van der Waals surface area (Å²) in [5.74, 6) is 4.68. The van der Waals surface area contributed by atoms with E-state index in [-0.39, 0.29) is 7.43 Å². The number of hydrogen-bond donors (Lipinski definition) is 0. The Morgan fingerprint density at radius 3 is 0.786 bits per heavy atom. The Bertz CT molecular complexity index is 96.4. The summed E-state index contributed by atoms with van der Waals surface area (Å²) in [4.78, 5) is 0. The van der Waals surface area contributed by atoms with Crippen molar-refractivity contribution < 1.29 is 15.7 Å². The average Bonchev–Trinajstić information content (AvgIpc) is 2.25. The molecular weight excluding hydrogens is 395 g/mol. The topological polar surface area (TPSA) is 0 Å². The van der Waals surface area contributed by atoms with Crippen LogP contribution < -0.4 is 0 Å². The molecule has 0 atom stereocenters. The van der Waals surface area contributed by atoms with Crippen LogP contribution in [0.2, 0.25) is 0 Å². The SMILES string of the molecule is CC1C(C)C(C)C(C)C1C.[CH3-].[Cl][Ir+][Cl]. The van der Waals surface area contributed by atoms with E-state index >= 15 is 0 Å². The quantitative estimate of drug-likeness (QED) is 0.486. The molecule has 0 spiro atoms. The summed E-state index contributed by atoms with van der Waals surface area (Å²) < 4.78 is 0. The average molecular weight is 418 g/mol. The van der Waals surface area contributed by atoms with E-state index in [1.807, 2.05) is 0 Å². The van der Waals surface area contributed by atoms with E-state index in [4.69, 9.17) is 19.2 Å². The van der Waals surface area contributed by atoms with E-state index < -0.39 is 15.7 Å². The maximum atomic E-state index is 4.89. The molecule has 0 N–H and O–H groups in total. The second-order valence-corrected chi connectivity index (χ2v) is 7.80. The zero-order chi connectivity index (χ0) is 10.6. The van der Waals surface area contributed by atoms with Crippen LogP contribution in [-0.4, -0.2) is 0 Å². The fourth-order valence-electron chi connectivity index (χ4n) is 2.39. The molecule has 0 unspecified atom stereocenters. The van der Waals surface area contributed by atoms with Gasteiger partial charge in [0, 0.05) is 0 Å². The van der Waals surface area contributed by atoms with Crippen molar-refractivity contribution in [3.05, 3.63) is 7.43 Å². The summed E-state index contributed by atoms with van der Waals surface area (Å²) in [7, 11) is 9.78. The Hall–Kier alpha value is 1.23. The van der Waals surface area contributed by atoms with Gasteiger partial charge in [-0.3, -0.25) is 0 Å². The monoisotopic (exact) mass is 418 g/mol. The summed E-state index contributed by atoms with van der Waals surface area (Å²) in [5, 5.41) is 0. The van der Waals surface area contributed by atoms with Gasteiger partial charge in [-0.05, 0) is 29.6 Å². The van der Waals surface area contributed by atoms with Gasteiger partial charge >= 0.3 is 34.8 Å². The van der Waals surface area contributed by atoms with E-state index in [1.54, 1.807) is 0 Å². The molecule has 0 saturated heterocycles. The Labute approximate surface area is 106 Å². The predicted molar refractivity (Wildman–Crippen MR) is 63.9 cm³/mol. The van der Waals surface area contributed by atoms with Gasteiger partial charge in [0.1, 0.15) is 0 Å². The third-order valence-electron chi connectivity index (χ3n) is 4.15. The molecular formula is C11H23Cl2Ir. The van der Waals surface area contributed by atoms with Crippen LogP contribution in [0, 0.1) is 37.0 Å². The zero-order valence-corrected chi connectivity index (χ0v) is 13.9. The van der Waals surface area contributed by atoms with Gasteiger partial charge in [-0.25, -0.2) is 0 Å². The third-order valence-corrected chi connectivity index (χ3v) is 4.15. The molecule has 1 fully saturated rings. The molecule has 3 heteroatoms. The van der Waals surface area contributed by atoms with E-state index in [0.29, 0.717) is 0 Å². The summed E-state index contributed by atoms with van der Waals surface area (Å²) in [6.07, 6.45) is 0. The molecule has 0 bridgehead atoms. The van der Waals surface area contributed by atoms with E-state index in [0.717, 1.165) is 29.6 Å². The molecule has 1 saturated carbocycles. The van der Waals surface area contributed by atoms with Gasteiger partial charge < -0.3 is 7.43 Å². The van der Waals surface area contributed by atoms with E-state index in [1.165, 1.54) is 0 Å². The molecule has 0 radical (unpaired) electrons. The summed E-state index contributed by atoms with van der Waals surface area (Å²) >= 11 is -0.556. The molecule has 14 heavy (non-hydrogen) atoms. The molecule has 0 aromatic heterocycles. The minimum atomic E-state index is -0.556. The second kappa shape index (κ2) is 8.39. The van der Waals surface area contributed by atoms with Crippen molar-refractivity contribution in [2.24, 2.45) is 29.6 Å². The molecule has 0 heterocycles. The Kier molecular flexibility index (Phi) is 10.6. The van der Waals surface area contributed by atoms with Gasteiger partial charge in [0.2, 0.25) is 0 Å². The number of rotatable bonds is 0. The first kappa shape index (κ1) is 17.6. The first-order valence-electron chi connectivity index (χ1n) is 4.81. The fourth-order valence-corrected chi connectivity index (χ4v) is 2.39. The van der Waals surface area contributed by atoms with Crippen LogP contribution in [0.1, 0.15) is 34.6 Å². The van der Waals surface area contributed by atoms with Crippen molar-refractivity contribution >= 4 is 19.2 Å². The summed E-state index contributed by atoms with van der Waals surface area (Å²) in [6.45, 7) is 12.0. The zero-order valence-electron chi connectivity index (χ0n) is 9.98. The Morgan fingerprint density at radius 1 is 0.643 bits per heavy atom. The van der Waals surface area contributed by atoms with Gasteiger partial charge in [0.05, 0.1) is 0 Å². The third kappa shape index (κ3) is 4.39. The van der Waals surface area contributed by atoms with Crippen LogP contribution in [0.5, 0.6) is 0 Å². The number of hydrogen-bond acceptors (Lipinski definition) is 0. The normalized spacial score (nSPS) is 41.2. The molecule has 1 rings (SSSR count). The van der Waals surface area contributed by atoms with Crippen molar-refractivity contribution in [2.45, 2.75) is 34.6 Å². The van der Waals surface area contributed by atoms with Gasteiger partial charge in [-0.1, -0.05) is 34.6 Å². The fraction of sp³-hybridized carbons (Fsp3) is 0.909. The predicted octanol–water partition coefficient (Wildman–Crippen LogP) is 5.01. The van der Waals surface area contributed by atoms with Gasteiger partial charge in [-0.2, -0.15) is 0 Å². The van der Waals surface area contributed by atoms with Gasteiger partial charge in [-0.15, -0.1) is 0 Å². The first-order chi connectivity index (χ1) is 5.97.